The van der Waals surface area contributed by atoms with Crippen LogP contribution in [0.4, 0.5) is 5.82 Å². The van der Waals surface area contributed by atoms with Gasteiger partial charge >= 0.3 is 0 Å². The number of likely N-dealkylation sites (tertiary alicyclic amines) is 1. The number of piperidine rings is 1. The van der Waals surface area contributed by atoms with Crippen LogP contribution in [0.5, 0.6) is 0 Å². The fourth-order valence-corrected chi connectivity index (χ4v) is 2.73. The molecule has 21 heavy (non-hydrogen) atoms. The van der Waals surface area contributed by atoms with Crippen LogP contribution in [0.1, 0.15) is 31.5 Å². The molecule has 3 rings (SSSR count). The monoisotopic (exact) mass is 284 g/mol. The Kier molecular flexibility index (Phi) is 4.35. The predicted octanol–water partition coefficient (Wildman–Crippen LogP) is 1.90. The third kappa shape index (κ3) is 3.52. The van der Waals surface area contributed by atoms with Crippen molar-refractivity contribution in [1.82, 2.24) is 25.1 Å². The first-order valence-electron chi connectivity index (χ1n) is 7.37. The standard InChI is InChI=1S/C15H20N6/c1-12(14-11-16-7-8-17-14)21-9-4-13(5-10-21)19-15-3-2-6-18-20-15/h2-3,6-8,11-13H,4-5,9-10H2,1H3,(H,19,20). The summed E-state index contributed by atoms with van der Waals surface area (Å²) in [6.07, 6.45) is 9.22. The molecule has 1 atom stereocenters. The number of nitrogens with zero attached hydrogens (tertiary/aromatic N) is 5. The first kappa shape index (κ1) is 13.9. The highest BCUT2D eigenvalue weighted by atomic mass is 15.2. The lowest BCUT2D eigenvalue weighted by atomic mass is 10.0. The second-order valence-electron chi connectivity index (χ2n) is 5.37. The van der Waals surface area contributed by atoms with Gasteiger partial charge in [0.15, 0.2) is 0 Å². The highest BCUT2D eigenvalue weighted by Gasteiger charge is 2.24. The zero-order chi connectivity index (χ0) is 14.5. The number of rotatable bonds is 4. The van der Waals surface area contributed by atoms with Crippen LogP contribution in [0, 0.1) is 0 Å². The number of hydrogen-bond acceptors (Lipinski definition) is 6. The summed E-state index contributed by atoms with van der Waals surface area (Å²) in [6, 6.07) is 4.64. The molecule has 2 aromatic heterocycles. The first-order chi connectivity index (χ1) is 10.3. The Morgan fingerprint density at radius 2 is 2.10 bits per heavy atom. The molecule has 110 valence electrons. The van der Waals surface area contributed by atoms with E-state index < -0.39 is 0 Å². The summed E-state index contributed by atoms with van der Waals surface area (Å²) in [6.45, 7) is 4.30. The molecule has 1 fully saturated rings. The predicted molar refractivity (Wildman–Crippen MR) is 80.7 cm³/mol. The third-order valence-corrected chi connectivity index (χ3v) is 4.01. The number of anilines is 1. The summed E-state index contributed by atoms with van der Waals surface area (Å²) < 4.78 is 0. The first-order valence-corrected chi connectivity index (χ1v) is 7.37. The Bertz CT molecular complexity index is 539. The Hall–Kier alpha value is -2.08. The van der Waals surface area contributed by atoms with Gasteiger partial charge in [0.25, 0.3) is 0 Å². The van der Waals surface area contributed by atoms with E-state index in [-0.39, 0.29) is 0 Å². The topological polar surface area (TPSA) is 66.8 Å². The lowest BCUT2D eigenvalue weighted by molar-refractivity contribution is 0.164. The summed E-state index contributed by atoms with van der Waals surface area (Å²) in [5.41, 5.74) is 1.04. The molecule has 0 radical (unpaired) electrons. The Labute approximate surface area is 124 Å². The van der Waals surface area contributed by atoms with E-state index in [9.17, 15) is 0 Å². The summed E-state index contributed by atoms with van der Waals surface area (Å²) >= 11 is 0. The van der Waals surface area contributed by atoms with Crippen molar-refractivity contribution in [3.8, 4) is 0 Å². The van der Waals surface area contributed by atoms with Gasteiger partial charge in [-0.2, -0.15) is 5.10 Å². The van der Waals surface area contributed by atoms with Crippen molar-refractivity contribution in [1.29, 1.82) is 0 Å². The maximum absolute atomic E-state index is 4.40. The molecule has 1 aliphatic rings. The van der Waals surface area contributed by atoms with Crippen LogP contribution in [-0.2, 0) is 0 Å². The number of hydrogen-bond donors (Lipinski definition) is 1. The van der Waals surface area contributed by atoms with Crippen molar-refractivity contribution in [3.63, 3.8) is 0 Å². The highest BCUT2D eigenvalue weighted by molar-refractivity contribution is 5.33. The zero-order valence-corrected chi connectivity index (χ0v) is 12.2. The van der Waals surface area contributed by atoms with Crippen LogP contribution >= 0.6 is 0 Å². The van der Waals surface area contributed by atoms with Gasteiger partial charge in [-0.15, -0.1) is 5.10 Å². The smallest absolute Gasteiger partial charge is 0.148 e. The minimum atomic E-state index is 0.316. The van der Waals surface area contributed by atoms with E-state index in [1.165, 1.54) is 0 Å². The zero-order valence-electron chi connectivity index (χ0n) is 12.2. The number of nitrogens with one attached hydrogen (secondary N) is 1. The average Bonchev–Trinajstić information content (AvgIpc) is 2.57. The lowest BCUT2D eigenvalue weighted by Gasteiger charge is -2.36. The van der Waals surface area contributed by atoms with Gasteiger partial charge in [0.2, 0.25) is 0 Å². The molecule has 0 spiro atoms. The van der Waals surface area contributed by atoms with E-state index in [0.29, 0.717) is 12.1 Å². The van der Waals surface area contributed by atoms with Crippen molar-refractivity contribution in [2.45, 2.75) is 31.8 Å². The second kappa shape index (κ2) is 6.58. The van der Waals surface area contributed by atoms with Gasteiger partial charge in [-0.25, -0.2) is 0 Å². The van der Waals surface area contributed by atoms with E-state index in [0.717, 1.165) is 37.4 Å². The molecule has 0 amide bonds. The minimum Gasteiger partial charge on any atom is -0.366 e. The van der Waals surface area contributed by atoms with Crippen LogP contribution in [0.25, 0.3) is 0 Å². The van der Waals surface area contributed by atoms with Gasteiger partial charge in [0.1, 0.15) is 5.82 Å². The normalized spacial score (nSPS) is 18.3. The molecule has 3 heterocycles. The van der Waals surface area contributed by atoms with Gasteiger partial charge in [-0.3, -0.25) is 14.9 Å². The molecule has 6 heteroatoms. The third-order valence-electron chi connectivity index (χ3n) is 4.01. The Balaban J connectivity index is 1.53. The molecule has 0 bridgehead atoms. The maximum Gasteiger partial charge on any atom is 0.148 e. The molecular weight excluding hydrogens is 264 g/mol. The van der Waals surface area contributed by atoms with Crippen molar-refractivity contribution >= 4 is 5.82 Å². The minimum absolute atomic E-state index is 0.316. The SMILES string of the molecule is CC(c1cnccn1)N1CCC(Nc2cccnn2)CC1. The van der Waals surface area contributed by atoms with E-state index in [1.807, 2.05) is 18.3 Å². The summed E-state index contributed by atoms with van der Waals surface area (Å²) in [4.78, 5) is 11.0. The lowest BCUT2D eigenvalue weighted by Crippen LogP contribution is -2.40. The molecular formula is C15H20N6. The molecule has 1 unspecified atom stereocenters. The van der Waals surface area contributed by atoms with Crippen LogP contribution < -0.4 is 5.32 Å². The molecule has 1 saturated heterocycles. The van der Waals surface area contributed by atoms with Crippen LogP contribution in [0.3, 0.4) is 0 Å². The van der Waals surface area contributed by atoms with Gasteiger partial charge in [0.05, 0.1) is 11.7 Å². The van der Waals surface area contributed by atoms with E-state index >= 15 is 0 Å². The fraction of sp³-hybridized carbons (Fsp3) is 0.467. The highest BCUT2D eigenvalue weighted by Crippen LogP contribution is 2.23. The molecule has 0 aliphatic carbocycles. The van der Waals surface area contributed by atoms with E-state index in [4.69, 9.17) is 0 Å². The summed E-state index contributed by atoms with van der Waals surface area (Å²) in [5, 5.41) is 11.4. The van der Waals surface area contributed by atoms with Crippen LogP contribution in [0.15, 0.2) is 36.9 Å². The quantitative estimate of drug-likeness (QED) is 0.925. The molecule has 1 aliphatic heterocycles. The van der Waals surface area contributed by atoms with Crippen LogP contribution in [0.2, 0.25) is 0 Å². The van der Waals surface area contributed by atoms with Gasteiger partial charge < -0.3 is 5.32 Å². The van der Waals surface area contributed by atoms with Gasteiger partial charge in [-0.1, -0.05) is 0 Å². The van der Waals surface area contributed by atoms with Crippen molar-refractivity contribution in [3.05, 3.63) is 42.6 Å². The Morgan fingerprint density at radius 1 is 1.24 bits per heavy atom. The van der Waals surface area contributed by atoms with E-state index in [1.54, 1.807) is 18.6 Å². The average molecular weight is 284 g/mol. The van der Waals surface area contributed by atoms with Gasteiger partial charge in [0, 0.05) is 43.9 Å². The fourth-order valence-electron chi connectivity index (χ4n) is 2.73. The van der Waals surface area contributed by atoms with Gasteiger partial charge in [-0.05, 0) is 31.9 Å². The maximum atomic E-state index is 4.40. The molecule has 1 N–H and O–H groups in total. The Morgan fingerprint density at radius 3 is 2.76 bits per heavy atom. The summed E-state index contributed by atoms with van der Waals surface area (Å²) in [5.74, 6) is 0.859. The van der Waals surface area contributed by atoms with Crippen molar-refractivity contribution in [2.75, 3.05) is 18.4 Å². The van der Waals surface area contributed by atoms with E-state index in [2.05, 4.69) is 37.3 Å². The van der Waals surface area contributed by atoms with Crippen molar-refractivity contribution in [2.24, 2.45) is 0 Å². The van der Waals surface area contributed by atoms with Crippen molar-refractivity contribution < 1.29 is 0 Å². The summed E-state index contributed by atoms with van der Waals surface area (Å²) in [7, 11) is 0. The van der Waals surface area contributed by atoms with Crippen LogP contribution in [-0.4, -0.2) is 44.2 Å². The second-order valence-corrected chi connectivity index (χ2v) is 5.37. The largest absolute Gasteiger partial charge is 0.366 e. The molecule has 0 aromatic carbocycles. The molecule has 0 saturated carbocycles. The molecule has 6 nitrogen and oxygen atoms in total. The number of aromatic nitrogens is 4. The molecule has 2 aromatic rings.